The second-order valence-electron chi connectivity index (χ2n) is 5.85. The SMILES string of the molecule is [B]Cc1ccn2nc(-c3cccc(C(F)F)n3)nc(Nc3ccncc3F)c12. The third-order valence-corrected chi connectivity index (χ3v) is 4.06. The second kappa shape index (κ2) is 7.30. The first kappa shape index (κ1) is 18.0. The van der Waals surface area contributed by atoms with Crippen molar-refractivity contribution in [3.63, 3.8) is 0 Å². The zero-order valence-corrected chi connectivity index (χ0v) is 14.4. The lowest BCUT2D eigenvalue weighted by molar-refractivity contribution is 0.146. The number of anilines is 2. The van der Waals surface area contributed by atoms with Crippen LogP contribution >= 0.6 is 0 Å². The molecule has 0 amide bonds. The van der Waals surface area contributed by atoms with Crippen molar-refractivity contribution >= 4 is 24.9 Å². The average molecular weight is 380 g/mol. The first-order valence-corrected chi connectivity index (χ1v) is 8.27. The summed E-state index contributed by atoms with van der Waals surface area (Å²) in [6, 6.07) is 7.41. The lowest BCUT2D eigenvalue weighted by Crippen LogP contribution is -2.06. The number of pyridine rings is 2. The lowest BCUT2D eigenvalue weighted by Gasteiger charge is -2.11. The van der Waals surface area contributed by atoms with E-state index in [1.54, 1.807) is 12.3 Å². The van der Waals surface area contributed by atoms with Crippen molar-refractivity contribution in [3.05, 3.63) is 66.0 Å². The van der Waals surface area contributed by atoms with E-state index in [9.17, 15) is 13.2 Å². The molecule has 0 unspecified atom stereocenters. The smallest absolute Gasteiger partial charge is 0.280 e. The molecule has 0 saturated heterocycles. The first-order valence-electron chi connectivity index (χ1n) is 8.27. The fourth-order valence-corrected chi connectivity index (χ4v) is 2.75. The molecule has 0 spiro atoms. The summed E-state index contributed by atoms with van der Waals surface area (Å²) in [4.78, 5) is 12.0. The minimum atomic E-state index is -2.72. The predicted molar refractivity (Wildman–Crippen MR) is 98.1 cm³/mol. The van der Waals surface area contributed by atoms with Gasteiger partial charge in [-0.3, -0.25) is 4.98 Å². The molecule has 4 heterocycles. The topological polar surface area (TPSA) is 68.0 Å². The van der Waals surface area contributed by atoms with Gasteiger partial charge in [-0.1, -0.05) is 12.4 Å². The number of nitrogens with one attached hydrogen (secondary N) is 1. The summed E-state index contributed by atoms with van der Waals surface area (Å²) in [6.07, 6.45) is 1.65. The molecule has 6 nitrogen and oxygen atoms in total. The molecular formula is C18H12BF3N6. The fourth-order valence-electron chi connectivity index (χ4n) is 2.75. The lowest BCUT2D eigenvalue weighted by atomic mass is 9.98. The standard InChI is InChI=1S/C18H12BF3N6/c19-8-10-5-7-28-15(10)18(25-12-4-6-23-9-11(12)20)26-17(27-28)14-3-1-2-13(24-14)16(21)22/h1-7,9,16H,8H2,(H,23,25,26,27). The molecule has 2 radical (unpaired) electrons. The summed E-state index contributed by atoms with van der Waals surface area (Å²) >= 11 is 0. The van der Waals surface area contributed by atoms with Crippen LogP contribution in [-0.2, 0) is 6.32 Å². The van der Waals surface area contributed by atoms with Gasteiger partial charge in [-0.2, -0.15) is 0 Å². The molecule has 4 rings (SSSR count). The molecule has 0 aliphatic rings. The number of hydrogen-bond acceptors (Lipinski definition) is 5. The molecule has 0 saturated carbocycles. The van der Waals surface area contributed by atoms with Crippen molar-refractivity contribution in [3.8, 4) is 11.5 Å². The number of halogens is 3. The van der Waals surface area contributed by atoms with Gasteiger partial charge in [0, 0.05) is 12.4 Å². The van der Waals surface area contributed by atoms with Gasteiger partial charge in [0.05, 0.1) is 19.7 Å². The average Bonchev–Trinajstić information content (AvgIpc) is 3.13. The molecule has 1 N–H and O–H groups in total. The van der Waals surface area contributed by atoms with Gasteiger partial charge in [-0.15, -0.1) is 5.10 Å². The Morgan fingerprint density at radius 2 is 2.00 bits per heavy atom. The molecular weight excluding hydrogens is 368 g/mol. The Hall–Kier alpha value is -3.43. The third-order valence-electron chi connectivity index (χ3n) is 4.06. The molecule has 0 aromatic carbocycles. The molecule has 0 aliphatic carbocycles. The maximum absolute atomic E-state index is 14.1. The van der Waals surface area contributed by atoms with Gasteiger partial charge < -0.3 is 5.32 Å². The van der Waals surface area contributed by atoms with Crippen LogP contribution in [0.15, 0.2) is 48.9 Å². The van der Waals surface area contributed by atoms with Crippen molar-refractivity contribution in [2.75, 3.05) is 5.32 Å². The monoisotopic (exact) mass is 380 g/mol. The highest BCUT2D eigenvalue weighted by Gasteiger charge is 2.17. The Morgan fingerprint density at radius 1 is 1.14 bits per heavy atom. The van der Waals surface area contributed by atoms with E-state index in [0.717, 1.165) is 11.8 Å². The summed E-state index contributed by atoms with van der Waals surface area (Å²) in [6.45, 7) is 0. The predicted octanol–water partition coefficient (Wildman–Crippen LogP) is 3.68. The number of fused-ring (bicyclic) bond motifs is 1. The van der Waals surface area contributed by atoms with Crippen LogP contribution in [0.5, 0.6) is 0 Å². The van der Waals surface area contributed by atoms with Crippen molar-refractivity contribution < 1.29 is 13.2 Å². The summed E-state index contributed by atoms with van der Waals surface area (Å²) < 4.78 is 41.5. The fraction of sp³-hybridized carbons (Fsp3) is 0.111. The van der Waals surface area contributed by atoms with Crippen molar-refractivity contribution in [1.29, 1.82) is 0 Å². The van der Waals surface area contributed by atoms with Crippen molar-refractivity contribution in [1.82, 2.24) is 24.6 Å². The number of nitrogens with zero attached hydrogens (tertiary/aromatic N) is 5. The van der Waals surface area contributed by atoms with E-state index < -0.39 is 12.2 Å². The molecule has 4 aromatic heterocycles. The summed E-state index contributed by atoms with van der Waals surface area (Å²) in [5.41, 5.74) is 1.22. The Bertz CT molecular complexity index is 1150. The van der Waals surface area contributed by atoms with Gasteiger partial charge >= 0.3 is 0 Å². The number of rotatable bonds is 5. The van der Waals surface area contributed by atoms with E-state index in [1.807, 2.05) is 0 Å². The minimum absolute atomic E-state index is 0.103. The summed E-state index contributed by atoms with van der Waals surface area (Å²) in [5, 5.41) is 7.24. The summed E-state index contributed by atoms with van der Waals surface area (Å²) in [7, 11) is 5.78. The molecule has 0 aliphatic heterocycles. The van der Waals surface area contributed by atoms with Gasteiger partial charge in [0.25, 0.3) is 6.43 Å². The quantitative estimate of drug-likeness (QED) is 0.535. The normalized spacial score (nSPS) is 11.3. The molecule has 4 aromatic rings. The van der Waals surface area contributed by atoms with Gasteiger partial charge in [0.15, 0.2) is 11.6 Å². The number of hydrogen-bond donors (Lipinski definition) is 1. The Kier molecular flexibility index (Phi) is 4.68. The molecule has 138 valence electrons. The first-order chi connectivity index (χ1) is 13.6. The highest BCUT2D eigenvalue weighted by atomic mass is 19.3. The molecule has 0 atom stereocenters. The third kappa shape index (κ3) is 3.28. The van der Waals surface area contributed by atoms with Crippen LogP contribution in [-0.4, -0.2) is 32.4 Å². The number of aromatic nitrogens is 5. The zero-order valence-electron chi connectivity index (χ0n) is 14.4. The molecule has 10 heteroatoms. The maximum atomic E-state index is 14.1. The van der Waals surface area contributed by atoms with Crippen LogP contribution < -0.4 is 5.32 Å². The molecule has 0 bridgehead atoms. The van der Waals surface area contributed by atoms with Crippen LogP contribution in [0.4, 0.5) is 24.7 Å². The van der Waals surface area contributed by atoms with E-state index in [1.165, 1.54) is 35.0 Å². The largest absolute Gasteiger partial charge is 0.336 e. The van der Waals surface area contributed by atoms with E-state index in [2.05, 4.69) is 25.4 Å². The highest BCUT2D eigenvalue weighted by Crippen LogP contribution is 2.27. The minimum Gasteiger partial charge on any atom is -0.336 e. The zero-order chi connectivity index (χ0) is 19.7. The number of alkyl halides is 2. The molecule has 0 fully saturated rings. The van der Waals surface area contributed by atoms with Crippen LogP contribution in [0.2, 0.25) is 0 Å². The van der Waals surface area contributed by atoms with Crippen LogP contribution in [0.3, 0.4) is 0 Å². The van der Waals surface area contributed by atoms with Gasteiger partial charge in [-0.05, 0) is 29.8 Å². The van der Waals surface area contributed by atoms with Crippen molar-refractivity contribution in [2.45, 2.75) is 12.7 Å². The van der Waals surface area contributed by atoms with Crippen LogP contribution in [0, 0.1) is 5.82 Å². The van der Waals surface area contributed by atoms with Crippen LogP contribution in [0.25, 0.3) is 17.0 Å². The van der Waals surface area contributed by atoms with Crippen molar-refractivity contribution in [2.24, 2.45) is 0 Å². The van der Waals surface area contributed by atoms with Gasteiger partial charge in [-0.25, -0.2) is 27.7 Å². The van der Waals surface area contributed by atoms with E-state index in [-0.39, 0.29) is 35.0 Å². The highest BCUT2D eigenvalue weighted by molar-refractivity contribution is 6.09. The molecule has 28 heavy (non-hydrogen) atoms. The second-order valence-corrected chi connectivity index (χ2v) is 5.85. The van der Waals surface area contributed by atoms with Gasteiger partial charge in [0.2, 0.25) is 5.82 Å². The van der Waals surface area contributed by atoms with E-state index in [4.69, 9.17) is 7.85 Å². The van der Waals surface area contributed by atoms with Crippen LogP contribution in [0.1, 0.15) is 17.7 Å². The maximum Gasteiger partial charge on any atom is 0.280 e. The summed E-state index contributed by atoms with van der Waals surface area (Å²) in [5.74, 6) is -0.199. The Labute approximate surface area is 158 Å². The van der Waals surface area contributed by atoms with E-state index in [0.29, 0.717) is 5.52 Å². The Morgan fingerprint density at radius 3 is 2.75 bits per heavy atom. The van der Waals surface area contributed by atoms with E-state index >= 15 is 0 Å². The Balaban J connectivity index is 1.88. The van der Waals surface area contributed by atoms with Gasteiger partial charge in [0.1, 0.15) is 16.9 Å².